The molecule has 1 heterocycles. The molecular formula is C16H21F3N2O5S. The maximum absolute atomic E-state index is 12.7. The van der Waals surface area contributed by atoms with Crippen LogP contribution in [0.1, 0.15) is 50.8 Å². The molecule has 152 valence electrons. The molecule has 2 aliphatic rings. The fourth-order valence-corrected chi connectivity index (χ4v) is 4.43. The van der Waals surface area contributed by atoms with E-state index in [4.69, 9.17) is 4.74 Å². The number of hydrogen-bond acceptors (Lipinski definition) is 6. The fourth-order valence-electron chi connectivity index (χ4n) is 3.92. The molecule has 1 saturated carbocycles. The molecule has 2 aliphatic carbocycles. The van der Waals surface area contributed by atoms with Gasteiger partial charge in [0.15, 0.2) is 0 Å². The highest BCUT2D eigenvalue weighted by atomic mass is 32.2. The van der Waals surface area contributed by atoms with Crippen LogP contribution in [0.4, 0.5) is 13.2 Å². The number of aromatic nitrogens is 2. The van der Waals surface area contributed by atoms with E-state index in [0.717, 1.165) is 4.68 Å². The van der Waals surface area contributed by atoms with Gasteiger partial charge in [-0.25, -0.2) is 4.68 Å². The van der Waals surface area contributed by atoms with Crippen LogP contribution in [0.25, 0.3) is 0 Å². The quantitative estimate of drug-likeness (QED) is 0.433. The van der Waals surface area contributed by atoms with E-state index in [1.54, 1.807) is 20.8 Å². The second-order valence-corrected chi connectivity index (χ2v) is 9.52. The van der Waals surface area contributed by atoms with Gasteiger partial charge in [0.25, 0.3) is 0 Å². The van der Waals surface area contributed by atoms with E-state index in [1.807, 2.05) is 0 Å². The number of rotatable bonds is 3. The fraction of sp³-hybridized carbons (Fsp3) is 0.750. The lowest BCUT2D eigenvalue weighted by molar-refractivity contribution is -0.162. The Balaban J connectivity index is 1.94. The second kappa shape index (κ2) is 6.11. The monoisotopic (exact) mass is 410 g/mol. The van der Waals surface area contributed by atoms with E-state index >= 15 is 0 Å². The summed E-state index contributed by atoms with van der Waals surface area (Å²) in [5.41, 5.74) is -5.46. The topological polar surface area (TPSA) is 87.5 Å². The Kier molecular flexibility index (Phi) is 4.52. The number of carbonyl (C=O) groups excluding carboxylic acids is 1. The van der Waals surface area contributed by atoms with Gasteiger partial charge in [-0.2, -0.15) is 26.7 Å². The van der Waals surface area contributed by atoms with Gasteiger partial charge >= 0.3 is 21.6 Å². The number of halogens is 3. The van der Waals surface area contributed by atoms with E-state index in [2.05, 4.69) is 9.28 Å². The largest absolute Gasteiger partial charge is 0.534 e. The van der Waals surface area contributed by atoms with Crippen LogP contribution in [0, 0.1) is 11.8 Å². The molecule has 0 aromatic carbocycles. The molecule has 2 bridgehead atoms. The summed E-state index contributed by atoms with van der Waals surface area (Å²) in [6, 6.07) is 0. The maximum Gasteiger partial charge on any atom is 0.534 e. The number of carbonyl (C=O) groups is 1. The summed E-state index contributed by atoms with van der Waals surface area (Å²) in [7, 11) is -4.48. The van der Waals surface area contributed by atoms with E-state index in [0.29, 0.717) is 24.1 Å². The molecule has 0 saturated heterocycles. The van der Waals surface area contributed by atoms with Gasteiger partial charge in [-0.3, -0.25) is 4.79 Å². The number of nitrogens with zero attached hydrogens (tertiary/aromatic N) is 2. The first-order valence-corrected chi connectivity index (χ1v) is 9.91. The standard InChI is InChI=1S/C16H21F3N2O5S/c1-15(2,3)25-14(22)11-8-5-6-9(11)12-10(7-8)13(21(4)20-12)26-27(23,24)16(17,18)19/h8-9,11H,5-7H2,1-4H3/t8-,9-,11?/m0/s1. The summed E-state index contributed by atoms with van der Waals surface area (Å²) >= 11 is 0. The minimum Gasteiger partial charge on any atom is -0.460 e. The molecule has 1 aromatic rings. The first kappa shape index (κ1) is 20.0. The molecule has 27 heavy (non-hydrogen) atoms. The maximum atomic E-state index is 12.7. The van der Waals surface area contributed by atoms with Crippen molar-refractivity contribution in [1.82, 2.24) is 9.78 Å². The average Bonchev–Trinajstić information content (AvgIpc) is 2.95. The lowest BCUT2D eigenvalue weighted by Gasteiger charge is -2.30. The summed E-state index contributed by atoms with van der Waals surface area (Å²) in [4.78, 5) is 12.6. The first-order valence-electron chi connectivity index (χ1n) is 8.50. The summed E-state index contributed by atoms with van der Waals surface area (Å²) in [5.74, 6) is -1.74. The van der Waals surface area contributed by atoms with Gasteiger partial charge in [0.1, 0.15) is 5.60 Å². The minimum atomic E-state index is -5.80. The Morgan fingerprint density at radius 1 is 1.22 bits per heavy atom. The number of hydrogen-bond donors (Lipinski definition) is 0. The van der Waals surface area contributed by atoms with Crippen LogP contribution in [-0.2, 0) is 33.1 Å². The molecule has 0 aliphatic heterocycles. The number of esters is 1. The summed E-state index contributed by atoms with van der Waals surface area (Å²) in [6.45, 7) is 5.28. The molecule has 0 spiro atoms. The molecule has 0 N–H and O–H groups in total. The molecule has 1 aromatic heterocycles. The van der Waals surface area contributed by atoms with Gasteiger partial charge in [-0.1, -0.05) is 0 Å². The molecular weight excluding hydrogens is 389 g/mol. The third kappa shape index (κ3) is 3.53. The number of ether oxygens (including phenoxy) is 1. The van der Waals surface area contributed by atoms with Crippen LogP contribution < -0.4 is 4.18 Å². The molecule has 0 amide bonds. The molecule has 0 radical (unpaired) electrons. The smallest absolute Gasteiger partial charge is 0.460 e. The van der Waals surface area contributed by atoms with Crippen molar-refractivity contribution in [3.8, 4) is 5.88 Å². The molecule has 1 fully saturated rings. The van der Waals surface area contributed by atoms with E-state index in [9.17, 15) is 26.4 Å². The van der Waals surface area contributed by atoms with Crippen LogP contribution in [0.2, 0.25) is 0 Å². The molecule has 11 heteroatoms. The van der Waals surface area contributed by atoms with Crippen LogP contribution >= 0.6 is 0 Å². The first-order chi connectivity index (χ1) is 12.2. The number of alkyl halides is 3. The predicted octanol–water partition coefficient (Wildman–Crippen LogP) is 2.66. The third-order valence-electron chi connectivity index (χ3n) is 4.88. The zero-order chi connectivity index (χ0) is 20.4. The van der Waals surface area contributed by atoms with E-state index in [1.165, 1.54) is 7.05 Å². The Bertz CT molecular complexity index is 870. The Hall–Kier alpha value is -1.78. The zero-order valence-electron chi connectivity index (χ0n) is 15.3. The Morgan fingerprint density at radius 2 is 1.85 bits per heavy atom. The van der Waals surface area contributed by atoms with Gasteiger partial charge in [0, 0.05) is 18.5 Å². The van der Waals surface area contributed by atoms with Crippen LogP contribution in [0.15, 0.2) is 0 Å². The van der Waals surface area contributed by atoms with Gasteiger partial charge in [0.2, 0.25) is 5.88 Å². The SMILES string of the molecule is Cn1nc2c(c1OS(=O)(=O)C(F)(F)F)C[C@@H]1CC[C@H]2C1C(=O)OC(C)(C)C. The zero-order valence-corrected chi connectivity index (χ0v) is 16.1. The average molecular weight is 410 g/mol. The summed E-state index contributed by atoms with van der Waals surface area (Å²) in [6.07, 6.45) is 1.52. The minimum absolute atomic E-state index is 0.155. The highest BCUT2D eigenvalue weighted by Crippen LogP contribution is 2.53. The normalized spacial score (nSPS) is 25.2. The van der Waals surface area contributed by atoms with E-state index in [-0.39, 0.29) is 24.2 Å². The highest BCUT2D eigenvalue weighted by Gasteiger charge is 2.53. The lowest BCUT2D eigenvalue weighted by Crippen LogP contribution is -2.35. The molecule has 3 rings (SSSR count). The van der Waals surface area contributed by atoms with Crippen LogP contribution in [0.5, 0.6) is 5.88 Å². The molecule has 3 atom stereocenters. The van der Waals surface area contributed by atoms with Gasteiger partial charge < -0.3 is 8.92 Å². The molecule has 7 nitrogen and oxygen atoms in total. The van der Waals surface area contributed by atoms with Crippen molar-refractivity contribution in [2.75, 3.05) is 0 Å². The van der Waals surface area contributed by atoms with Crippen molar-refractivity contribution in [3.05, 3.63) is 11.3 Å². The van der Waals surface area contributed by atoms with Gasteiger partial charge in [-0.05, 0) is 46.0 Å². The van der Waals surface area contributed by atoms with Crippen LogP contribution in [0.3, 0.4) is 0 Å². The van der Waals surface area contributed by atoms with Crippen molar-refractivity contribution < 1.29 is 35.3 Å². The van der Waals surface area contributed by atoms with Gasteiger partial charge in [-0.15, -0.1) is 0 Å². The third-order valence-corrected chi connectivity index (χ3v) is 5.82. The highest BCUT2D eigenvalue weighted by molar-refractivity contribution is 7.87. The summed E-state index contributed by atoms with van der Waals surface area (Å²) < 4.78 is 71.7. The summed E-state index contributed by atoms with van der Waals surface area (Å²) in [5, 5.41) is 4.18. The van der Waals surface area contributed by atoms with Crippen molar-refractivity contribution in [2.24, 2.45) is 18.9 Å². The van der Waals surface area contributed by atoms with E-state index < -0.39 is 33.0 Å². The lowest BCUT2D eigenvalue weighted by atomic mass is 9.77. The Labute approximate surface area is 154 Å². The van der Waals surface area contributed by atoms with Crippen molar-refractivity contribution in [1.29, 1.82) is 0 Å². The van der Waals surface area contributed by atoms with Crippen molar-refractivity contribution >= 4 is 16.1 Å². The van der Waals surface area contributed by atoms with Crippen LogP contribution in [-0.4, -0.2) is 35.3 Å². The van der Waals surface area contributed by atoms with Crippen molar-refractivity contribution in [2.45, 2.75) is 57.1 Å². The second-order valence-electron chi connectivity index (χ2n) is 7.98. The Morgan fingerprint density at radius 3 is 2.41 bits per heavy atom. The number of fused-ring (bicyclic) bond motifs is 4. The van der Waals surface area contributed by atoms with Gasteiger partial charge in [0.05, 0.1) is 11.6 Å². The molecule has 1 unspecified atom stereocenters. The predicted molar refractivity (Wildman–Crippen MR) is 87.3 cm³/mol. The van der Waals surface area contributed by atoms with Crippen molar-refractivity contribution in [3.63, 3.8) is 0 Å². The number of aryl methyl sites for hydroxylation is 1.